The maximum atomic E-state index is 13.6. The van der Waals surface area contributed by atoms with Crippen molar-refractivity contribution in [3.8, 4) is 0 Å². The van der Waals surface area contributed by atoms with Gasteiger partial charge in [0.05, 0.1) is 10.6 Å². The van der Waals surface area contributed by atoms with Crippen LogP contribution < -0.4 is 5.32 Å². The van der Waals surface area contributed by atoms with E-state index in [1.807, 2.05) is 6.07 Å². The molecule has 1 amide bonds. The predicted molar refractivity (Wildman–Crippen MR) is 76.6 cm³/mol. The second kappa shape index (κ2) is 5.54. The lowest BCUT2D eigenvalue weighted by Crippen LogP contribution is -2.24. The second-order valence-corrected chi connectivity index (χ2v) is 4.84. The fraction of sp³-hybridized carbons (Fsp3) is 0.0667. The number of amides is 1. The minimum absolute atomic E-state index is 0.0817. The third kappa shape index (κ3) is 2.73. The molecule has 1 aromatic heterocycles. The summed E-state index contributed by atoms with van der Waals surface area (Å²) in [5, 5.41) is 2.71. The second-order valence-electron chi connectivity index (χ2n) is 4.43. The van der Waals surface area contributed by atoms with Gasteiger partial charge in [0, 0.05) is 6.54 Å². The standard InChI is InChI=1S/C15H10ClFN2O2/c16-10-2-1-3-11(17)14(10)15(20)18-7-9-4-5-12-13(6-9)21-8-19-12/h1-6,8H,7H2,(H,18,20). The molecule has 0 fully saturated rings. The fourth-order valence-corrected chi connectivity index (χ4v) is 2.24. The smallest absolute Gasteiger partial charge is 0.256 e. The van der Waals surface area contributed by atoms with Gasteiger partial charge in [-0.1, -0.05) is 23.7 Å². The summed E-state index contributed by atoms with van der Waals surface area (Å²) in [4.78, 5) is 16.0. The molecule has 0 aliphatic heterocycles. The molecule has 21 heavy (non-hydrogen) atoms. The molecule has 0 aliphatic carbocycles. The predicted octanol–water partition coefficient (Wildman–Crippen LogP) is 3.55. The van der Waals surface area contributed by atoms with Crippen molar-refractivity contribution >= 4 is 28.6 Å². The maximum absolute atomic E-state index is 13.6. The van der Waals surface area contributed by atoms with Crippen molar-refractivity contribution in [1.29, 1.82) is 0 Å². The number of fused-ring (bicyclic) bond motifs is 1. The number of carbonyl (C=O) groups excluding carboxylic acids is 1. The lowest BCUT2D eigenvalue weighted by atomic mass is 10.1. The van der Waals surface area contributed by atoms with E-state index in [0.717, 1.165) is 11.1 Å². The van der Waals surface area contributed by atoms with Crippen LogP contribution in [0.4, 0.5) is 4.39 Å². The zero-order chi connectivity index (χ0) is 14.8. The van der Waals surface area contributed by atoms with Gasteiger partial charge in [-0.05, 0) is 29.8 Å². The molecule has 0 saturated heterocycles. The van der Waals surface area contributed by atoms with Crippen LogP contribution >= 0.6 is 11.6 Å². The summed E-state index contributed by atoms with van der Waals surface area (Å²) >= 11 is 5.85. The third-order valence-corrected chi connectivity index (χ3v) is 3.35. The van der Waals surface area contributed by atoms with Gasteiger partial charge < -0.3 is 9.73 Å². The van der Waals surface area contributed by atoms with Crippen LogP contribution in [0.3, 0.4) is 0 Å². The van der Waals surface area contributed by atoms with Crippen molar-refractivity contribution in [3.63, 3.8) is 0 Å². The van der Waals surface area contributed by atoms with Gasteiger partial charge in [-0.2, -0.15) is 0 Å². The van der Waals surface area contributed by atoms with E-state index >= 15 is 0 Å². The molecule has 1 heterocycles. The SMILES string of the molecule is O=C(NCc1ccc2ncoc2c1)c1c(F)cccc1Cl. The average molecular weight is 305 g/mol. The number of rotatable bonds is 3. The van der Waals surface area contributed by atoms with Gasteiger partial charge in [0.2, 0.25) is 0 Å². The quantitative estimate of drug-likeness (QED) is 0.805. The van der Waals surface area contributed by atoms with Crippen molar-refractivity contribution in [2.24, 2.45) is 0 Å². The Kier molecular flexibility index (Phi) is 3.58. The molecule has 0 radical (unpaired) electrons. The highest BCUT2D eigenvalue weighted by atomic mass is 35.5. The third-order valence-electron chi connectivity index (χ3n) is 3.04. The Morgan fingerprint density at radius 3 is 3.00 bits per heavy atom. The van der Waals surface area contributed by atoms with E-state index in [0.29, 0.717) is 5.58 Å². The average Bonchev–Trinajstić information content (AvgIpc) is 2.92. The van der Waals surface area contributed by atoms with E-state index in [1.54, 1.807) is 12.1 Å². The number of aromatic nitrogens is 1. The monoisotopic (exact) mass is 304 g/mol. The van der Waals surface area contributed by atoms with Crippen LogP contribution in [-0.2, 0) is 6.54 Å². The molecule has 0 aliphatic rings. The number of benzene rings is 2. The molecule has 0 spiro atoms. The van der Waals surface area contributed by atoms with E-state index in [2.05, 4.69) is 10.3 Å². The molecule has 2 aromatic carbocycles. The first kappa shape index (κ1) is 13.6. The van der Waals surface area contributed by atoms with E-state index in [4.69, 9.17) is 16.0 Å². The Bertz CT molecular complexity index is 796. The molecule has 0 unspecified atom stereocenters. The summed E-state index contributed by atoms with van der Waals surface area (Å²) in [5.41, 5.74) is 2.04. The molecular weight excluding hydrogens is 295 g/mol. The molecule has 0 atom stereocenters. The van der Waals surface area contributed by atoms with Gasteiger partial charge in [0.25, 0.3) is 5.91 Å². The Morgan fingerprint density at radius 1 is 1.33 bits per heavy atom. The summed E-state index contributed by atoms with van der Waals surface area (Å²) in [6.45, 7) is 0.236. The van der Waals surface area contributed by atoms with Crippen molar-refractivity contribution in [3.05, 3.63) is 64.8 Å². The van der Waals surface area contributed by atoms with Gasteiger partial charge in [-0.25, -0.2) is 9.37 Å². The molecule has 4 nitrogen and oxygen atoms in total. The van der Waals surface area contributed by atoms with Crippen LogP contribution in [0.5, 0.6) is 0 Å². The van der Waals surface area contributed by atoms with Crippen LogP contribution in [0, 0.1) is 5.82 Å². The van der Waals surface area contributed by atoms with E-state index in [1.165, 1.54) is 24.6 Å². The number of carbonyl (C=O) groups is 1. The van der Waals surface area contributed by atoms with Crippen molar-refractivity contribution in [2.45, 2.75) is 6.54 Å². The molecule has 106 valence electrons. The zero-order valence-corrected chi connectivity index (χ0v) is 11.5. The number of nitrogens with zero attached hydrogens (tertiary/aromatic N) is 1. The lowest BCUT2D eigenvalue weighted by Gasteiger charge is -2.07. The fourth-order valence-electron chi connectivity index (χ4n) is 1.99. The molecule has 3 rings (SSSR count). The van der Waals surface area contributed by atoms with Gasteiger partial charge in [0.15, 0.2) is 12.0 Å². The van der Waals surface area contributed by atoms with Crippen LogP contribution in [0.1, 0.15) is 15.9 Å². The normalized spacial score (nSPS) is 10.8. The Labute approximate surface area is 124 Å². The number of hydrogen-bond acceptors (Lipinski definition) is 3. The van der Waals surface area contributed by atoms with Crippen LogP contribution in [0.2, 0.25) is 5.02 Å². The Hall–Kier alpha value is -2.40. The zero-order valence-electron chi connectivity index (χ0n) is 10.8. The van der Waals surface area contributed by atoms with Crippen molar-refractivity contribution in [2.75, 3.05) is 0 Å². The first-order valence-electron chi connectivity index (χ1n) is 6.19. The van der Waals surface area contributed by atoms with Crippen molar-refractivity contribution < 1.29 is 13.6 Å². The summed E-state index contributed by atoms with van der Waals surface area (Å²) in [6.07, 6.45) is 1.35. The summed E-state index contributed by atoms with van der Waals surface area (Å²) in [6, 6.07) is 9.49. The van der Waals surface area contributed by atoms with Gasteiger partial charge in [0.1, 0.15) is 11.3 Å². The highest BCUT2D eigenvalue weighted by Gasteiger charge is 2.15. The van der Waals surface area contributed by atoms with Crippen LogP contribution in [0.15, 0.2) is 47.2 Å². The minimum atomic E-state index is -0.648. The highest BCUT2D eigenvalue weighted by Crippen LogP contribution is 2.19. The topological polar surface area (TPSA) is 55.1 Å². The Balaban J connectivity index is 1.76. The van der Waals surface area contributed by atoms with Crippen LogP contribution in [-0.4, -0.2) is 10.9 Å². The summed E-state index contributed by atoms with van der Waals surface area (Å²) in [7, 11) is 0. The number of halogens is 2. The molecule has 0 bridgehead atoms. The number of oxazole rings is 1. The maximum Gasteiger partial charge on any atom is 0.256 e. The van der Waals surface area contributed by atoms with E-state index in [9.17, 15) is 9.18 Å². The molecule has 1 N–H and O–H groups in total. The van der Waals surface area contributed by atoms with Gasteiger partial charge in [-0.15, -0.1) is 0 Å². The van der Waals surface area contributed by atoms with E-state index < -0.39 is 11.7 Å². The van der Waals surface area contributed by atoms with Crippen LogP contribution in [0.25, 0.3) is 11.1 Å². The summed E-state index contributed by atoms with van der Waals surface area (Å²) in [5.74, 6) is -1.21. The molecule has 3 aromatic rings. The first-order chi connectivity index (χ1) is 10.1. The number of nitrogens with one attached hydrogen (secondary N) is 1. The van der Waals surface area contributed by atoms with Gasteiger partial charge >= 0.3 is 0 Å². The molecule has 0 saturated carbocycles. The minimum Gasteiger partial charge on any atom is -0.443 e. The molecule has 6 heteroatoms. The van der Waals surface area contributed by atoms with Crippen molar-refractivity contribution in [1.82, 2.24) is 10.3 Å². The lowest BCUT2D eigenvalue weighted by molar-refractivity contribution is 0.0947. The summed E-state index contributed by atoms with van der Waals surface area (Å²) < 4.78 is 18.8. The number of hydrogen-bond donors (Lipinski definition) is 1. The van der Waals surface area contributed by atoms with E-state index in [-0.39, 0.29) is 17.1 Å². The largest absolute Gasteiger partial charge is 0.443 e. The highest BCUT2D eigenvalue weighted by molar-refractivity contribution is 6.33. The first-order valence-corrected chi connectivity index (χ1v) is 6.57. The molecular formula is C15H10ClFN2O2. The Morgan fingerprint density at radius 2 is 2.19 bits per heavy atom. The van der Waals surface area contributed by atoms with Gasteiger partial charge in [-0.3, -0.25) is 4.79 Å².